The van der Waals surface area contributed by atoms with Crippen LogP contribution in [0.1, 0.15) is 37.7 Å². The Morgan fingerprint density at radius 2 is 1.95 bits per heavy atom. The summed E-state index contributed by atoms with van der Waals surface area (Å²) in [5, 5.41) is 3.20. The van der Waals surface area contributed by atoms with Gasteiger partial charge in [0.25, 0.3) is 0 Å². The van der Waals surface area contributed by atoms with E-state index in [4.69, 9.17) is 5.73 Å². The zero-order valence-corrected chi connectivity index (χ0v) is 11.0. The number of nitrogens with two attached hydrogens (primary N) is 1. The average Bonchev–Trinajstić information content (AvgIpc) is 2.84. The van der Waals surface area contributed by atoms with Crippen LogP contribution in [-0.2, 0) is 5.67 Å². The Bertz CT molecular complexity index is 468. The van der Waals surface area contributed by atoms with Gasteiger partial charge in [-0.1, -0.05) is 43.2 Å². The van der Waals surface area contributed by atoms with Crippen molar-refractivity contribution < 1.29 is 4.39 Å². The van der Waals surface area contributed by atoms with Crippen LogP contribution in [0.25, 0.3) is 0 Å². The largest absolute Gasteiger partial charge is 0.370 e. The first-order chi connectivity index (χ1) is 9.18. The first kappa shape index (κ1) is 12.5. The van der Waals surface area contributed by atoms with Gasteiger partial charge in [-0.3, -0.25) is 0 Å². The fraction of sp³-hybridized carbons (Fsp3) is 0.533. The minimum absolute atomic E-state index is 0.330. The number of hydrogen-bond donors (Lipinski definition) is 2. The third-order valence-corrected chi connectivity index (χ3v) is 4.11. The van der Waals surface area contributed by atoms with Crippen LogP contribution in [0.4, 0.5) is 4.39 Å². The third kappa shape index (κ3) is 2.57. The standard InChI is InChI=1S/C15H20FN3/c16-15(11-6-2-1-3-7-11)10-13(15)19-14(17)18-12-8-4-5-9-12/h1-3,6-7,12-13H,4-5,8-10H2,(H3,17,18,19). The molecule has 2 aliphatic rings. The second kappa shape index (κ2) is 4.83. The van der Waals surface area contributed by atoms with Crippen molar-refractivity contribution in [1.82, 2.24) is 5.32 Å². The summed E-state index contributed by atoms with van der Waals surface area (Å²) in [5.74, 6) is 0.396. The van der Waals surface area contributed by atoms with Crippen molar-refractivity contribution in [3.63, 3.8) is 0 Å². The van der Waals surface area contributed by atoms with Crippen LogP contribution in [0, 0.1) is 0 Å². The summed E-state index contributed by atoms with van der Waals surface area (Å²) in [7, 11) is 0. The maximum atomic E-state index is 14.6. The molecule has 0 radical (unpaired) electrons. The maximum Gasteiger partial charge on any atom is 0.189 e. The molecular weight excluding hydrogens is 241 g/mol. The smallest absolute Gasteiger partial charge is 0.189 e. The molecule has 2 saturated carbocycles. The first-order valence-corrected chi connectivity index (χ1v) is 7.03. The molecule has 0 heterocycles. The summed E-state index contributed by atoms with van der Waals surface area (Å²) < 4.78 is 14.6. The molecule has 2 aliphatic carbocycles. The minimum atomic E-state index is -1.32. The number of hydrogen-bond acceptors (Lipinski definition) is 1. The summed E-state index contributed by atoms with van der Waals surface area (Å²) in [6, 6.07) is 9.33. The fourth-order valence-corrected chi connectivity index (χ4v) is 2.88. The van der Waals surface area contributed by atoms with Crippen molar-refractivity contribution in [2.24, 2.45) is 10.7 Å². The second-order valence-electron chi connectivity index (χ2n) is 5.59. The van der Waals surface area contributed by atoms with Gasteiger partial charge in [-0.25, -0.2) is 9.38 Å². The predicted molar refractivity (Wildman–Crippen MR) is 74.6 cm³/mol. The van der Waals surface area contributed by atoms with Gasteiger partial charge in [-0.2, -0.15) is 0 Å². The highest BCUT2D eigenvalue weighted by atomic mass is 19.1. The summed E-state index contributed by atoms with van der Waals surface area (Å²) in [6.07, 6.45) is 5.20. The normalized spacial score (nSPS) is 31.4. The van der Waals surface area contributed by atoms with Gasteiger partial charge in [0.05, 0.1) is 6.04 Å². The van der Waals surface area contributed by atoms with Crippen molar-refractivity contribution >= 4 is 5.96 Å². The molecule has 2 unspecified atom stereocenters. The number of benzene rings is 1. The highest BCUT2D eigenvalue weighted by molar-refractivity contribution is 5.78. The lowest BCUT2D eigenvalue weighted by Gasteiger charge is -2.12. The maximum absolute atomic E-state index is 14.6. The van der Waals surface area contributed by atoms with E-state index >= 15 is 0 Å². The van der Waals surface area contributed by atoms with Gasteiger partial charge in [0.15, 0.2) is 11.6 Å². The SMILES string of the molecule is NC(=NC1CC1(F)c1ccccc1)NC1CCCC1. The number of nitrogens with zero attached hydrogens (tertiary/aromatic N) is 1. The zero-order chi connectivity index (χ0) is 13.3. The Labute approximate surface area is 113 Å². The quantitative estimate of drug-likeness (QED) is 0.648. The molecule has 2 atom stereocenters. The zero-order valence-electron chi connectivity index (χ0n) is 11.0. The van der Waals surface area contributed by atoms with Crippen LogP contribution in [0.3, 0.4) is 0 Å². The molecule has 0 saturated heterocycles. The fourth-order valence-electron chi connectivity index (χ4n) is 2.88. The molecule has 2 fully saturated rings. The molecule has 19 heavy (non-hydrogen) atoms. The topological polar surface area (TPSA) is 50.4 Å². The van der Waals surface area contributed by atoms with Crippen LogP contribution in [-0.4, -0.2) is 18.0 Å². The highest BCUT2D eigenvalue weighted by Gasteiger charge is 2.57. The number of halogens is 1. The van der Waals surface area contributed by atoms with Crippen LogP contribution >= 0.6 is 0 Å². The van der Waals surface area contributed by atoms with E-state index in [1.807, 2.05) is 30.3 Å². The van der Waals surface area contributed by atoms with Crippen LogP contribution in [0.5, 0.6) is 0 Å². The molecule has 3 rings (SSSR count). The molecule has 102 valence electrons. The highest BCUT2D eigenvalue weighted by Crippen LogP contribution is 2.51. The Morgan fingerprint density at radius 3 is 2.63 bits per heavy atom. The van der Waals surface area contributed by atoms with E-state index < -0.39 is 5.67 Å². The van der Waals surface area contributed by atoms with Crippen molar-refractivity contribution in [2.75, 3.05) is 0 Å². The van der Waals surface area contributed by atoms with Crippen LogP contribution in [0.15, 0.2) is 35.3 Å². The number of nitrogens with one attached hydrogen (secondary N) is 1. The van der Waals surface area contributed by atoms with Crippen molar-refractivity contribution in [3.05, 3.63) is 35.9 Å². The molecule has 3 N–H and O–H groups in total. The summed E-state index contributed by atoms with van der Waals surface area (Å²) in [5.41, 5.74) is 5.26. The lowest BCUT2D eigenvalue weighted by atomic mass is 10.1. The Balaban J connectivity index is 1.62. The van der Waals surface area contributed by atoms with Crippen molar-refractivity contribution in [1.29, 1.82) is 0 Å². The second-order valence-corrected chi connectivity index (χ2v) is 5.59. The van der Waals surface area contributed by atoms with Gasteiger partial charge in [-0.05, 0) is 18.4 Å². The number of aliphatic imine (C=N–C) groups is 1. The van der Waals surface area contributed by atoms with E-state index in [1.165, 1.54) is 12.8 Å². The van der Waals surface area contributed by atoms with E-state index in [-0.39, 0.29) is 6.04 Å². The molecule has 1 aromatic carbocycles. The minimum Gasteiger partial charge on any atom is -0.370 e. The summed E-state index contributed by atoms with van der Waals surface area (Å²) in [4.78, 5) is 4.29. The van der Waals surface area contributed by atoms with Gasteiger partial charge in [0, 0.05) is 12.5 Å². The van der Waals surface area contributed by atoms with Crippen molar-refractivity contribution in [3.8, 4) is 0 Å². The predicted octanol–water partition coefficient (Wildman–Crippen LogP) is 2.47. The van der Waals surface area contributed by atoms with Gasteiger partial charge in [-0.15, -0.1) is 0 Å². The van der Waals surface area contributed by atoms with E-state index in [0.29, 0.717) is 24.0 Å². The molecule has 1 aromatic rings. The molecule has 4 heteroatoms. The Morgan fingerprint density at radius 1 is 1.26 bits per heavy atom. The molecular formula is C15H20FN3. The summed E-state index contributed by atoms with van der Waals surface area (Å²) >= 11 is 0. The monoisotopic (exact) mass is 261 g/mol. The van der Waals surface area contributed by atoms with Crippen LogP contribution < -0.4 is 11.1 Å². The van der Waals surface area contributed by atoms with Gasteiger partial charge in [0.1, 0.15) is 0 Å². The van der Waals surface area contributed by atoms with Gasteiger partial charge < -0.3 is 11.1 Å². The van der Waals surface area contributed by atoms with E-state index in [1.54, 1.807) is 0 Å². The third-order valence-electron chi connectivity index (χ3n) is 4.11. The number of guanidine groups is 1. The van der Waals surface area contributed by atoms with Crippen LogP contribution in [0.2, 0.25) is 0 Å². The lowest BCUT2D eigenvalue weighted by molar-refractivity contribution is 0.306. The van der Waals surface area contributed by atoms with E-state index in [9.17, 15) is 4.39 Å². The van der Waals surface area contributed by atoms with Gasteiger partial charge >= 0.3 is 0 Å². The first-order valence-electron chi connectivity index (χ1n) is 7.03. The molecule has 3 nitrogen and oxygen atoms in total. The Kier molecular flexibility index (Phi) is 3.17. The van der Waals surface area contributed by atoms with E-state index in [0.717, 1.165) is 12.8 Å². The summed E-state index contributed by atoms with van der Waals surface area (Å²) in [6.45, 7) is 0. The Hall–Kier alpha value is -1.58. The molecule has 0 aromatic heterocycles. The van der Waals surface area contributed by atoms with E-state index in [2.05, 4.69) is 10.3 Å². The number of rotatable bonds is 3. The molecule has 0 amide bonds. The lowest BCUT2D eigenvalue weighted by Crippen LogP contribution is -2.38. The van der Waals surface area contributed by atoms with Crippen molar-refractivity contribution in [2.45, 2.75) is 49.9 Å². The molecule has 0 bridgehead atoms. The number of alkyl halides is 1. The molecule has 0 spiro atoms. The molecule has 0 aliphatic heterocycles. The average molecular weight is 261 g/mol. The van der Waals surface area contributed by atoms with Gasteiger partial charge in [0.2, 0.25) is 0 Å².